The van der Waals surface area contributed by atoms with Crippen molar-refractivity contribution in [3.05, 3.63) is 10.0 Å². The second-order valence-corrected chi connectivity index (χ2v) is 5.51. The number of hydrogen-bond donors (Lipinski definition) is 1. The predicted octanol–water partition coefficient (Wildman–Crippen LogP) is 2.91. The maximum absolute atomic E-state index is 9.04. The molecule has 0 aliphatic heterocycles. The predicted molar refractivity (Wildman–Crippen MR) is 65.8 cm³/mol. The van der Waals surface area contributed by atoms with E-state index in [0.29, 0.717) is 5.15 Å². The first-order chi connectivity index (χ1) is 6.92. The quantitative estimate of drug-likeness (QED) is 0.890. The number of halogens is 1. The second-order valence-electron chi connectivity index (χ2n) is 4.09. The molecule has 0 saturated carbocycles. The summed E-state index contributed by atoms with van der Waals surface area (Å²) in [6, 6.07) is 0. The standard InChI is InChI=1S/C10H17ClN2OS/c1-5-10(2,3)13(4)9-12-8(11)7(6-14)15-9/h14H,5-6H2,1-4H3. The van der Waals surface area contributed by atoms with Crippen LogP contribution in [0.5, 0.6) is 0 Å². The van der Waals surface area contributed by atoms with Crippen LogP contribution in [0.2, 0.25) is 5.15 Å². The van der Waals surface area contributed by atoms with E-state index in [1.807, 2.05) is 7.05 Å². The highest BCUT2D eigenvalue weighted by molar-refractivity contribution is 7.16. The van der Waals surface area contributed by atoms with E-state index in [0.717, 1.165) is 16.4 Å². The summed E-state index contributed by atoms with van der Waals surface area (Å²) in [7, 11) is 2.00. The van der Waals surface area contributed by atoms with E-state index in [9.17, 15) is 0 Å². The van der Waals surface area contributed by atoms with Gasteiger partial charge >= 0.3 is 0 Å². The normalized spacial score (nSPS) is 11.9. The largest absolute Gasteiger partial charge is 0.391 e. The number of hydrogen-bond acceptors (Lipinski definition) is 4. The molecule has 0 aliphatic rings. The van der Waals surface area contributed by atoms with E-state index in [-0.39, 0.29) is 12.1 Å². The molecule has 3 nitrogen and oxygen atoms in total. The molecule has 0 bridgehead atoms. The SMILES string of the molecule is CCC(C)(C)N(C)c1nc(Cl)c(CO)s1. The van der Waals surface area contributed by atoms with Gasteiger partial charge in [0, 0.05) is 12.6 Å². The van der Waals surface area contributed by atoms with Crippen LogP contribution in [0, 0.1) is 0 Å². The Labute approximate surface area is 99.7 Å². The first-order valence-electron chi connectivity index (χ1n) is 4.92. The van der Waals surface area contributed by atoms with Crippen molar-refractivity contribution in [1.82, 2.24) is 4.98 Å². The number of aliphatic hydroxyl groups excluding tert-OH is 1. The number of thiazole rings is 1. The van der Waals surface area contributed by atoms with E-state index >= 15 is 0 Å². The fraction of sp³-hybridized carbons (Fsp3) is 0.700. The van der Waals surface area contributed by atoms with Gasteiger partial charge in [-0.15, -0.1) is 0 Å². The summed E-state index contributed by atoms with van der Waals surface area (Å²) >= 11 is 7.34. The van der Waals surface area contributed by atoms with Crippen LogP contribution >= 0.6 is 22.9 Å². The smallest absolute Gasteiger partial charge is 0.187 e. The minimum atomic E-state index is -0.0447. The van der Waals surface area contributed by atoms with Crippen LogP contribution in [0.4, 0.5) is 5.13 Å². The number of rotatable bonds is 4. The lowest BCUT2D eigenvalue weighted by Crippen LogP contribution is -2.40. The molecule has 15 heavy (non-hydrogen) atoms. The summed E-state index contributed by atoms with van der Waals surface area (Å²) in [5.74, 6) is 0. The summed E-state index contributed by atoms with van der Waals surface area (Å²) in [6.07, 6.45) is 1.02. The Morgan fingerprint density at radius 1 is 1.53 bits per heavy atom. The summed E-state index contributed by atoms with van der Waals surface area (Å²) in [5.41, 5.74) is 0.0495. The van der Waals surface area contributed by atoms with Gasteiger partial charge in [-0.25, -0.2) is 4.98 Å². The second kappa shape index (κ2) is 4.68. The molecule has 0 spiro atoms. The van der Waals surface area contributed by atoms with Gasteiger partial charge in [0.2, 0.25) is 0 Å². The van der Waals surface area contributed by atoms with Crippen LogP contribution < -0.4 is 4.90 Å². The fourth-order valence-electron chi connectivity index (χ4n) is 1.06. The molecule has 1 aromatic heterocycles. The van der Waals surface area contributed by atoms with Crippen molar-refractivity contribution in [1.29, 1.82) is 0 Å². The van der Waals surface area contributed by atoms with Crippen LogP contribution in [0.15, 0.2) is 0 Å². The van der Waals surface area contributed by atoms with E-state index in [2.05, 4.69) is 30.7 Å². The van der Waals surface area contributed by atoms with Gasteiger partial charge in [-0.05, 0) is 20.3 Å². The van der Waals surface area contributed by atoms with Gasteiger partial charge in [0.1, 0.15) is 5.15 Å². The third kappa shape index (κ3) is 2.62. The van der Waals surface area contributed by atoms with Crippen LogP contribution in [0.1, 0.15) is 32.1 Å². The number of nitrogens with zero attached hydrogens (tertiary/aromatic N) is 2. The molecule has 0 saturated heterocycles. The molecule has 1 N–H and O–H groups in total. The van der Waals surface area contributed by atoms with E-state index in [1.54, 1.807) is 0 Å². The van der Waals surface area contributed by atoms with Crippen LogP contribution in [0.3, 0.4) is 0 Å². The third-order valence-electron chi connectivity index (χ3n) is 2.84. The molecule has 0 fully saturated rings. The average molecular weight is 249 g/mol. The zero-order valence-electron chi connectivity index (χ0n) is 9.54. The zero-order chi connectivity index (χ0) is 11.6. The van der Waals surface area contributed by atoms with Crippen molar-refractivity contribution < 1.29 is 5.11 Å². The number of aliphatic hydroxyl groups is 1. The van der Waals surface area contributed by atoms with E-state index in [1.165, 1.54) is 11.3 Å². The van der Waals surface area contributed by atoms with Gasteiger partial charge in [0.15, 0.2) is 5.13 Å². The highest BCUT2D eigenvalue weighted by Crippen LogP contribution is 2.33. The topological polar surface area (TPSA) is 36.4 Å². The van der Waals surface area contributed by atoms with Gasteiger partial charge in [0.05, 0.1) is 11.5 Å². The molecule has 1 aromatic rings. The fourth-order valence-corrected chi connectivity index (χ4v) is 2.30. The van der Waals surface area contributed by atoms with E-state index < -0.39 is 0 Å². The monoisotopic (exact) mass is 248 g/mol. The maximum atomic E-state index is 9.04. The highest BCUT2D eigenvalue weighted by Gasteiger charge is 2.24. The Kier molecular flexibility index (Phi) is 3.98. The minimum absolute atomic E-state index is 0.0447. The molecule has 0 atom stereocenters. The summed E-state index contributed by atoms with van der Waals surface area (Å²) < 4.78 is 0. The molecular weight excluding hydrogens is 232 g/mol. The number of aromatic nitrogens is 1. The van der Waals surface area contributed by atoms with Gasteiger partial charge in [-0.2, -0.15) is 0 Å². The Hall–Kier alpha value is -0.320. The Morgan fingerprint density at radius 2 is 2.13 bits per heavy atom. The lowest BCUT2D eigenvalue weighted by Gasteiger charge is -2.34. The third-order valence-corrected chi connectivity index (χ3v) is 4.38. The molecule has 0 aromatic carbocycles. The molecule has 1 rings (SSSR count). The van der Waals surface area contributed by atoms with Crippen molar-refractivity contribution >= 4 is 28.1 Å². The molecule has 0 unspecified atom stereocenters. The molecular formula is C10H17ClN2OS. The van der Waals surface area contributed by atoms with Crippen LogP contribution in [-0.2, 0) is 6.61 Å². The molecule has 5 heteroatoms. The average Bonchev–Trinajstić information content (AvgIpc) is 2.58. The van der Waals surface area contributed by atoms with Crippen molar-refractivity contribution in [2.45, 2.75) is 39.3 Å². The maximum Gasteiger partial charge on any atom is 0.187 e. The first kappa shape index (κ1) is 12.7. The highest BCUT2D eigenvalue weighted by atomic mass is 35.5. The Morgan fingerprint density at radius 3 is 2.53 bits per heavy atom. The van der Waals surface area contributed by atoms with Crippen molar-refractivity contribution in [3.8, 4) is 0 Å². The van der Waals surface area contributed by atoms with Crippen molar-refractivity contribution in [2.24, 2.45) is 0 Å². The van der Waals surface area contributed by atoms with Gasteiger partial charge < -0.3 is 10.0 Å². The lowest BCUT2D eigenvalue weighted by molar-refractivity contribution is 0.285. The zero-order valence-corrected chi connectivity index (χ0v) is 11.1. The molecule has 0 amide bonds. The molecule has 0 aliphatic carbocycles. The minimum Gasteiger partial charge on any atom is -0.391 e. The van der Waals surface area contributed by atoms with Crippen LogP contribution in [-0.4, -0.2) is 22.7 Å². The summed E-state index contributed by atoms with van der Waals surface area (Å²) in [4.78, 5) is 7.07. The van der Waals surface area contributed by atoms with Crippen molar-refractivity contribution in [3.63, 3.8) is 0 Å². The Bertz CT molecular complexity index is 338. The summed E-state index contributed by atoms with van der Waals surface area (Å²) in [5, 5.41) is 10.3. The van der Waals surface area contributed by atoms with Crippen LogP contribution in [0.25, 0.3) is 0 Å². The van der Waals surface area contributed by atoms with E-state index in [4.69, 9.17) is 16.7 Å². The van der Waals surface area contributed by atoms with Gasteiger partial charge in [-0.1, -0.05) is 29.9 Å². The van der Waals surface area contributed by atoms with Gasteiger partial charge in [-0.3, -0.25) is 0 Å². The molecule has 1 heterocycles. The van der Waals surface area contributed by atoms with Crippen molar-refractivity contribution in [2.75, 3.05) is 11.9 Å². The Balaban J connectivity index is 2.96. The lowest BCUT2D eigenvalue weighted by atomic mass is 10.0. The molecule has 86 valence electrons. The number of anilines is 1. The first-order valence-corrected chi connectivity index (χ1v) is 6.11. The summed E-state index contributed by atoms with van der Waals surface area (Å²) in [6.45, 7) is 6.40. The van der Waals surface area contributed by atoms with Gasteiger partial charge in [0.25, 0.3) is 0 Å². The molecule has 0 radical (unpaired) electrons.